The highest BCUT2D eigenvalue weighted by Crippen LogP contribution is 2.34. The molecule has 0 radical (unpaired) electrons. The Morgan fingerprint density at radius 2 is 1.94 bits per heavy atom. The number of rotatable bonds is 5. The molecule has 0 aromatic rings. The molecule has 2 nitrogen and oxygen atoms in total. The van der Waals surface area contributed by atoms with E-state index in [0.717, 1.165) is 17.8 Å². The third-order valence-electron chi connectivity index (χ3n) is 4.38. The van der Waals surface area contributed by atoms with Gasteiger partial charge in [0.1, 0.15) is 0 Å². The monoisotopic (exact) mass is 254 g/mol. The van der Waals surface area contributed by atoms with Crippen LogP contribution in [0.4, 0.5) is 0 Å². The summed E-state index contributed by atoms with van der Waals surface area (Å²) in [5.74, 6) is 8.24. The molecule has 0 amide bonds. The Hall–Kier alpha value is -0.0800. The van der Waals surface area contributed by atoms with Gasteiger partial charge in [0.2, 0.25) is 0 Å². The van der Waals surface area contributed by atoms with E-state index in [-0.39, 0.29) is 0 Å². The molecule has 1 fully saturated rings. The molecule has 0 aromatic carbocycles. The zero-order valence-corrected chi connectivity index (χ0v) is 13.1. The van der Waals surface area contributed by atoms with E-state index in [2.05, 4.69) is 40.0 Å². The third kappa shape index (κ3) is 5.71. The fourth-order valence-electron chi connectivity index (χ4n) is 3.81. The van der Waals surface area contributed by atoms with Gasteiger partial charge < -0.3 is 0 Å². The van der Waals surface area contributed by atoms with E-state index in [1.54, 1.807) is 0 Å². The summed E-state index contributed by atoms with van der Waals surface area (Å²) in [6.45, 7) is 11.8. The van der Waals surface area contributed by atoms with Gasteiger partial charge in [-0.3, -0.25) is 11.3 Å². The van der Waals surface area contributed by atoms with E-state index in [4.69, 9.17) is 5.84 Å². The van der Waals surface area contributed by atoms with Crippen LogP contribution in [-0.2, 0) is 0 Å². The second-order valence-corrected chi connectivity index (χ2v) is 7.91. The second kappa shape index (κ2) is 6.91. The normalized spacial score (nSPS) is 29.0. The van der Waals surface area contributed by atoms with Crippen molar-refractivity contribution in [1.82, 2.24) is 5.43 Å². The van der Waals surface area contributed by atoms with Crippen LogP contribution in [0.1, 0.15) is 73.1 Å². The minimum atomic E-state index is 0.429. The lowest BCUT2D eigenvalue weighted by Crippen LogP contribution is -2.43. The van der Waals surface area contributed by atoms with Crippen LogP contribution in [0.15, 0.2) is 0 Å². The van der Waals surface area contributed by atoms with Gasteiger partial charge in [0, 0.05) is 6.04 Å². The molecule has 4 unspecified atom stereocenters. The van der Waals surface area contributed by atoms with Gasteiger partial charge in [0.15, 0.2) is 0 Å². The van der Waals surface area contributed by atoms with Crippen molar-refractivity contribution in [2.24, 2.45) is 29.0 Å². The molecule has 4 atom stereocenters. The molecule has 2 heteroatoms. The van der Waals surface area contributed by atoms with Crippen molar-refractivity contribution in [2.75, 3.05) is 0 Å². The Kier molecular flexibility index (Phi) is 6.13. The quantitative estimate of drug-likeness (QED) is 0.572. The Bertz CT molecular complexity index is 232. The Balaban J connectivity index is 2.45. The number of hydrogen-bond acceptors (Lipinski definition) is 2. The molecule has 1 aliphatic carbocycles. The van der Waals surface area contributed by atoms with Crippen molar-refractivity contribution in [2.45, 2.75) is 79.2 Å². The van der Waals surface area contributed by atoms with Gasteiger partial charge in [-0.05, 0) is 48.9 Å². The average molecular weight is 254 g/mol. The fraction of sp³-hybridized carbons (Fsp3) is 1.00. The van der Waals surface area contributed by atoms with Crippen LogP contribution in [0.25, 0.3) is 0 Å². The van der Waals surface area contributed by atoms with E-state index >= 15 is 0 Å². The predicted molar refractivity (Wildman–Crippen MR) is 80.1 cm³/mol. The smallest absolute Gasteiger partial charge is 0.0241 e. The zero-order valence-electron chi connectivity index (χ0n) is 13.1. The standard InChI is InChI=1S/C16H34N2/c1-12-7-6-8-14(9-12)15(18-17)10-13(2)11-16(3,4)5/h12-15,18H,6-11,17H2,1-5H3. The maximum absolute atomic E-state index is 5.81. The zero-order chi connectivity index (χ0) is 13.8. The summed E-state index contributed by atoms with van der Waals surface area (Å²) >= 11 is 0. The Morgan fingerprint density at radius 3 is 2.44 bits per heavy atom. The molecule has 1 rings (SSSR count). The van der Waals surface area contributed by atoms with Crippen LogP contribution in [0.5, 0.6) is 0 Å². The number of hydrogen-bond donors (Lipinski definition) is 2. The second-order valence-electron chi connectivity index (χ2n) is 7.91. The van der Waals surface area contributed by atoms with Crippen LogP contribution < -0.4 is 11.3 Å². The van der Waals surface area contributed by atoms with Crippen LogP contribution in [0.2, 0.25) is 0 Å². The molecular formula is C16H34N2. The Labute approximate surface area is 114 Å². The molecule has 3 N–H and O–H groups in total. The number of hydrazine groups is 1. The first kappa shape index (κ1) is 16.0. The summed E-state index contributed by atoms with van der Waals surface area (Å²) in [6.07, 6.45) is 8.03. The van der Waals surface area contributed by atoms with Gasteiger partial charge in [-0.15, -0.1) is 0 Å². The molecule has 0 heterocycles. The fourth-order valence-corrected chi connectivity index (χ4v) is 3.81. The first-order valence-electron chi connectivity index (χ1n) is 7.78. The van der Waals surface area contributed by atoms with E-state index in [9.17, 15) is 0 Å². The summed E-state index contributed by atoms with van der Waals surface area (Å²) in [4.78, 5) is 0. The molecule has 0 aromatic heterocycles. The molecule has 18 heavy (non-hydrogen) atoms. The lowest BCUT2D eigenvalue weighted by molar-refractivity contribution is 0.186. The van der Waals surface area contributed by atoms with Crippen molar-refractivity contribution >= 4 is 0 Å². The molecule has 0 bridgehead atoms. The van der Waals surface area contributed by atoms with Gasteiger partial charge in [-0.25, -0.2) is 0 Å². The minimum absolute atomic E-state index is 0.429. The SMILES string of the molecule is CC1CCCC(C(CC(C)CC(C)(C)C)NN)C1. The third-order valence-corrected chi connectivity index (χ3v) is 4.38. The van der Waals surface area contributed by atoms with Crippen molar-refractivity contribution < 1.29 is 0 Å². The lowest BCUT2D eigenvalue weighted by atomic mass is 9.75. The van der Waals surface area contributed by atoms with Gasteiger partial charge in [-0.2, -0.15) is 0 Å². The molecular weight excluding hydrogens is 220 g/mol. The van der Waals surface area contributed by atoms with Crippen LogP contribution in [0.3, 0.4) is 0 Å². The van der Waals surface area contributed by atoms with Crippen molar-refractivity contribution in [3.63, 3.8) is 0 Å². The van der Waals surface area contributed by atoms with Crippen LogP contribution >= 0.6 is 0 Å². The van der Waals surface area contributed by atoms with Gasteiger partial charge in [-0.1, -0.05) is 47.5 Å². The highest BCUT2D eigenvalue weighted by molar-refractivity contribution is 4.82. The minimum Gasteiger partial charge on any atom is -0.271 e. The first-order valence-corrected chi connectivity index (χ1v) is 7.78. The molecule has 1 aliphatic rings. The maximum Gasteiger partial charge on any atom is 0.0241 e. The van der Waals surface area contributed by atoms with Crippen molar-refractivity contribution in [3.05, 3.63) is 0 Å². The number of nitrogens with one attached hydrogen (secondary N) is 1. The van der Waals surface area contributed by atoms with Gasteiger partial charge in [0.25, 0.3) is 0 Å². The molecule has 1 saturated carbocycles. The van der Waals surface area contributed by atoms with E-state index < -0.39 is 0 Å². The van der Waals surface area contributed by atoms with Crippen molar-refractivity contribution in [3.8, 4) is 0 Å². The molecule has 0 aliphatic heterocycles. The highest BCUT2D eigenvalue weighted by atomic mass is 15.2. The van der Waals surface area contributed by atoms with E-state index in [0.29, 0.717) is 11.5 Å². The highest BCUT2D eigenvalue weighted by Gasteiger charge is 2.28. The van der Waals surface area contributed by atoms with Crippen molar-refractivity contribution in [1.29, 1.82) is 0 Å². The number of nitrogens with two attached hydrogens (primary N) is 1. The first-order chi connectivity index (χ1) is 8.31. The molecule has 108 valence electrons. The molecule has 0 spiro atoms. The summed E-state index contributed by atoms with van der Waals surface area (Å²) in [5.41, 5.74) is 3.54. The Morgan fingerprint density at radius 1 is 1.28 bits per heavy atom. The summed E-state index contributed by atoms with van der Waals surface area (Å²) in [6, 6.07) is 0.519. The summed E-state index contributed by atoms with van der Waals surface area (Å²) in [7, 11) is 0. The van der Waals surface area contributed by atoms with E-state index in [1.165, 1.54) is 38.5 Å². The van der Waals surface area contributed by atoms with Gasteiger partial charge >= 0.3 is 0 Å². The van der Waals surface area contributed by atoms with Crippen LogP contribution in [-0.4, -0.2) is 6.04 Å². The summed E-state index contributed by atoms with van der Waals surface area (Å²) < 4.78 is 0. The largest absolute Gasteiger partial charge is 0.271 e. The van der Waals surface area contributed by atoms with E-state index in [1.807, 2.05) is 0 Å². The van der Waals surface area contributed by atoms with Crippen LogP contribution in [0, 0.1) is 23.2 Å². The average Bonchev–Trinajstić information content (AvgIpc) is 2.23. The lowest BCUT2D eigenvalue weighted by Gasteiger charge is -2.35. The topological polar surface area (TPSA) is 38.0 Å². The maximum atomic E-state index is 5.81. The summed E-state index contributed by atoms with van der Waals surface area (Å²) in [5, 5.41) is 0. The molecule has 0 saturated heterocycles. The van der Waals surface area contributed by atoms with Gasteiger partial charge in [0.05, 0.1) is 0 Å². The predicted octanol–water partition coefficient (Wildman–Crippen LogP) is 4.11.